The SMILES string of the molecule is COc1ccc(C(=O)N[C@@H](CO)c2nnc(SCC(=O)c3ccc(C#N)cc3)n2C)cc1. The molecule has 0 unspecified atom stereocenters. The monoisotopic (exact) mass is 451 g/mol. The summed E-state index contributed by atoms with van der Waals surface area (Å²) in [5.74, 6) is 0.629. The number of aromatic nitrogens is 3. The molecule has 1 aromatic heterocycles. The molecule has 2 aromatic carbocycles. The lowest BCUT2D eigenvalue weighted by Crippen LogP contribution is -2.32. The van der Waals surface area contributed by atoms with Crippen LogP contribution in [0.25, 0.3) is 0 Å². The number of aliphatic hydroxyl groups excluding tert-OH is 1. The van der Waals surface area contributed by atoms with Crippen LogP contribution in [0.4, 0.5) is 0 Å². The van der Waals surface area contributed by atoms with E-state index in [1.54, 1.807) is 67.3 Å². The Hall–Kier alpha value is -3.68. The molecule has 1 atom stereocenters. The zero-order chi connectivity index (χ0) is 23.1. The number of methoxy groups -OCH3 is 1. The standard InChI is InChI=1S/C22H21N5O4S/c1-27-20(18(12-28)24-21(30)16-7-9-17(31-2)10-8-16)25-26-22(27)32-13-19(29)15-5-3-14(11-23)4-6-15/h3-10,18,28H,12-13H2,1-2H3,(H,24,30)/t18-/m0/s1. The maximum absolute atomic E-state index is 12.5. The number of hydrogen-bond donors (Lipinski definition) is 2. The van der Waals surface area contributed by atoms with Crippen LogP contribution in [-0.4, -0.2) is 51.0 Å². The Morgan fingerprint density at radius 3 is 2.41 bits per heavy atom. The van der Waals surface area contributed by atoms with E-state index in [0.717, 1.165) is 0 Å². The lowest BCUT2D eigenvalue weighted by molar-refractivity contribution is 0.0911. The number of thioether (sulfide) groups is 1. The van der Waals surface area contributed by atoms with Crippen LogP contribution in [0.5, 0.6) is 5.75 Å². The third-order valence-corrected chi connectivity index (χ3v) is 5.71. The van der Waals surface area contributed by atoms with Gasteiger partial charge in [-0.05, 0) is 36.4 Å². The van der Waals surface area contributed by atoms with Gasteiger partial charge in [-0.25, -0.2) is 0 Å². The summed E-state index contributed by atoms with van der Waals surface area (Å²) in [7, 11) is 3.24. The molecule has 164 valence electrons. The molecule has 0 fully saturated rings. The Morgan fingerprint density at radius 2 is 1.81 bits per heavy atom. The van der Waals surface area contributed by atoms with Gasteiger partial charge in [-0.1, -0.05) is 23.9 Å². The van der Waals surface area contributed by atoms with Crippen molar-refractivity contribution in [1.82, 2.24) is 20.1 Å². The molecule has 0 bridgehead atoms. The van der Waals surface area contributed by atoms with Crippen molar-refractivity contribution in [2.45, 2.75) is 11.2 Å². The van der Waals surface area contributed by atoms with Crippen LogP contribution in [0.2, 0.25) is 0 Å². The molecule has 9 nitrogen and oxygen atoms in total. The van der Waals surface area contributed by atoms with E-state index < -0.39 is 6.04 Å². The number of benzene rings is 2. The fraction of sp³-hybridized carbons (Fsp3) is 0.227. The van der Waals surface area contributed by atoms with Crippen molar-refractivity contribution in [3.63, 3.8) is 0 Å². The highest BCUT2D eigenvalue weighted by Crippen LogP contribution is 2.21. The smallest absolute Gasteiger partial charge is 0.251 e. The molecule has 3 aromatic rings. The second-order valence-electron chi connectivity index (χ2n) is 6.74. The second-order valence-corrected chi connectivity index (χ2v) is 7.68. The van der Waals surface area contributed by atoms with E-state index in [1.807, 2.05) is 6.07 Å². The Bertz CT molecular complexity index is 1140. The lowest BCUT2D eigenvalue weighted by atomic mass is 10.1. The fourth-order valence-electron chi connectivity index (χ4n) is 2.88. The average Bonchev–Trinajstić information content (AvgIpc) is 3.20. The summed E-state index contributed by atoms with van der Waals surface area (Å²) >= 11 is 1.19. The number of hydrogen-bond acceptors (Lipinski definition) is 8. The van der Waals surface area contributed by atoms with Gasteiger partial charge in [-0.3, -0.25) is 9.59 Å². The number of nitrogens with one attached hydrogen (secondary N) is 1. The van der Waals surface area contributed by atoms with Crippen LogP contribution in [0.3, 0.4) is 0 Å². The van der Waals surface area contributed by atoms with Crippen LogP contribution in [0.15, 0.2) is 53.7 Å². The maximum Gasteiger partial charge on any atom is 0.251 e. The topological polar surface area (TPSA) is 130 Å². The summed E-state index contributed by atoms with van der Waals surface area (Å²) < 4.78 is 6.72. The maximum atomic E-state index is 12.5. The molecule has 0 aliphatic carbocycles. The lowest BCUT2D eigenvalue weighted by Gasteiger charge is -2.16. The third-order valence-electron chi connectivity index (χ3n) is 4.69. The summed E-state index contributed by atoms with van der Waals surface area (Å²) in [6, 6.07) is 14.2. The fourth-order valence-corrected chi connectivity index (χ4v) is 3.69. The highest BCUT2D eigenvalue weighted by molar-refractivity contribution is 7.99. The average molecular weight is 452 g/mol. The minimum atomic E-state index is -0.773. The van der Waals surface area contributed by atoms with Crippen LogP contribution in [0.1, 0.15) is 38.1 Å². The van der Waals surface area contributed by atoms with Gasteiger partial charge >= 0.3 is 0 Å². The minimum absolute atomic E-state index is 0.115. The zero-order valence-electron chi connectivity index (χ0n) is 17.5. The highest BCUT2D eigenvalue weighted by Gasteiger charge is 2.22. The predicted octanol–water partition coefficient (Wildman–Crippen LogP) is 2.13. The van der Waals surface area contributed by atoms with Crippen molar-refractivity contribution < 1.29 is 19.4 Å². The summed E-state index contributed by atoms with van der Waals surface area (Å²) in [5.41, 5.74) is 1.40. The van der Waals surface area contributed by atoms with Crippen molar-refractivity contribution >= 4 is 23.5 Å². The first-order valence-electron chi connectivity index (χ1n) is 9.58. The number of aliphatic hydroxyl groups is 1. The molecule has 1 amide bonds. The van der Waals surface area contributed by atoms with Gasteiger partial charge < -0.3 is 19.7 Å². The number of ether oxygens (including phenoxy) is 1. The molecule has 0 saturated carbocycles. The predicted molar refractivity (Wildman–Crippen MR) is 118 cm³/mol. The molecule has 0 spiro atoms. The Labute approximate surface area is 189 Å². The third kappa shape index (κ3) is 5.32. The normalized spacial score (nSPS) is 11.4. The van der Waals surface area contributed by atoms with Crippen molar-refractivity contribution in [3.05, 3.63) is 71.0 Å². The Balaban J connectivity index is 1.65. The molecular weight excluding hydrogens is 430 g/mol. The number of ketones is 1. The number of rotatable bonds is 9. The van der Waals surface area contributed by atoms with E-state index in [-0.39, 0.29) is 24.1 Å². The molecule has 0 aliphatic rings. The van der Waals surface area contributed by atoms with E-state index >= 15 is 0 Å². The Kier molecular flexibility index (Phi) is 7.59. The summed E-state index contributed by atoms with van der Waals surface area (Å²) in [6.07, 6.45) is 0. The van der Waals surface area contributed by atoms with Gasteiger partial charge in [0.25, 0.3) is 5.91 Å². The van der Waals surface area contributed by atoms with E-state index in [4.69, 9.17) is 10.00 Å². The molecule has 0 aliphatic heterocycles. The van der Waals surface area contributed by atoms with Crippen LogP contribution >= 0.6 is 11.8 Å². The van der Waals surface area contributed by atoms with Gasteiger partial charge in [-0.15, -0.1) is 10.2 Å². The molecule has 2 N–H and O–H groups in total. The number of Topliss-reactive ketones (excluding diaryl/α,β-unsaturated/α-hetero) is 1. The van der Waals surface area contributed by atoms with Gasteiger partial charge in [-0.2, -0.15) is 5.26 Å². The first-order valence-corrected chi connectivity index (χ1v) is 10.6. The van der Waals surface area contributed by atoms with E-state index in [1.165, 1.54) is 11.8 Å². The van der Waals surface area contributed by atoms with E-state index in [0.29, 0.717) is 33.4 Å². The summed E-state index contributed by atoms with van der Waals surface area (Å²) in [4.78, 5) is 24.9. The molecule has 32 heavy (non-hydrogen) atoms. The number of amides is 1. The van der Waals surface area contributed by atoms with Crippen molar-refractivity contribution in [1.29, 1.82) is 5.26 Å². The largest absolute Gasteiger partial charge is 0.497 e. The van der Waals surface area contributed by atoms with Crippen molar-refractivity contribution in [2.24, 2.45) is 7.05 Å². The first-order chi connectivity index (χ1) is 15.5. The highest BCUT2D eigenvalue weighted by atomic mass is 32.2. The minimum Gasteiger partial charge on any atom is -0.497 e. The first kappa shape index (κ1) is 23.0. The van der Waals surface area contributed by atoms with Crippen LogP contribution in [0, 0.1) is 11.3 Å². The van der Waals surface area contributed by atoms with Crippen molar-refractivity contribution in [3.8, 4) is 11.8 Å². The summed E-state index contributed by atoms with van der Waals surface area (Å²) in [6.45, 7) is -0.372. The van der Waals surface area contributed by atoms with E-state index in [2.05, 4.69) is 15.5 Å². The number of nitriles is 1. The number of nitrogens with zero attached hydrogens (tertiary/aromatic N) is 4. The number of carbonyl (C=O) groups is 2. The summed E-state index contributed by atoms with van der Waals surface area (Å²) in [5, 5.41) is 30.0. The molecular formula is C22H21N5O4S. The van der Waals surface area contributed by atoms with Crippen LogP contribution in [-0.2, 0) is 7.05 Å². The van der Waals surface area contributed by atoms with Gasteiger partial charge in [0.1, 0.15) is 11.8 Å². The second kappa shape index (κ2) is 10.6. The molecule has 0 saturated heterocycles. The van der Waals surface area contributed by atoms with Gasteiger partial charge in [0.15, 0.2) is 16.8 Å². The molecule has 0 radical (unpaired) electrons. The molecule has 10 heteroatoms. The quantitative estimate of drug-likeness (QED) is 0.374. The molecule has 3 rings (SSSR count). The molecule has 1 heterocycles. The van der Waals surface area contributed by atoms with E-state index in [9.17, 15) is 14.7 Å². The van der Waals surface area contributed by atoms with Crippen molar-refractivity contribution in [2.75, 3.05) is 19.5 Å². The zero-order valence-corrected chi connectivity index (χ0v) is 18.3. The number of carbonyl (C=O) groups excluding carboxylic acids is 2. The van der Waals surface area contributed by atoms with Gasteiger partial charge in [0.2, 0.25) is 0 Å². The Morgan fingerprint density at radius 1 is 1.16 bits per heavy atom. The van der Waals surface area contributed by atoms with Crippen LogP contribution < -0.4 is 10.1 Å². The van der Waals surface area contributed by atoms with Gasteiger partial charge in [0, 0.05) is 18.2 Å². The van der Waals surface area contributed by atoms with Gasteiger partial charge in [0.05, 0.1) is 31.1 Å².